The molecule has 7 heteroatoms. The molecule has 1 heterocycles. The van der Waals surface area contributed by atoms with E-state index in [0.717, 1.165) is 19.2 Å². The predicted molar refractivity (Wildman–Crippen MR) is 77.7 cm³/mol. The van der Waals surface area contributed by atoms with Gasteiger partial charge in [-0.15, -0.1) is 0 Å². The van der Waals surface area contributed by atoms with E-state index in [1.165, 1.54) is 38.3 Å². The maximum absolute atomic E-state index is 13.1. The number of rotatable bonds is 6. The van der Waals surface area contributed by atoms with Crippen molar-refractivity contribution < 1.29 is 17.6 Å². The van der Waals surface area contributed by atoms with Crippen LogP contribution in [0.1, 0.15) is 24.8 Å². The van der Waals surface area contributed by atoms with E-state index < -0.39 is 15.8 Å². The molecule has 1 aromatic rings. The zero-order chi connectivity index (χ0) is 15.3. The van der Waals surface area contributed by atoms with Gasteiger partial charge in [-0.3, -0.25) is 4.84 Å². The van der Waals surface area contributed by atoms with Crippen molar-refractivity contribution in [2.75, 3.05) is 26.2 Å². The van der Waals surface area contributed by atoms with E-state index in [1.54, 1.807) is 0 Å². The molecular weight excluding hydrogens is 295 g/mol. The van der Waals surface area contributed by atoms with Crippen molar-refractivity contribution in [2.45, 2.75) is 31.1 Å². The quantitative estimate of drug-likeness (QED) is 0.642. The number of piperidine rings is 1. The Hall–Kier alpha value is -1.02. The lowest BCUT2D eigenvalue weighted by Crippen LogP contribution is -2.35. The van der Waals surface area contributed by atoms with E-state index in [-0.39, 0.29) is 10.5 Å². The van der Waals surface area contributed by atoms with E-state index in [1.807, 2.05) is 0 Å². The van der Waals surface area contributed by atoms with Gasteiger partial charge in [-0.05, 0) is 56.6 Å². The Morgan fingerprint density at radius 1 is 1.29 bits per heavy atom. The molecule has 1 saturated heterocycles. The van der Waals surface area contributed by atoms with Gasteiger partial charge in [0.05, 0.1) is 11.5 Å². The molecule has 1 N–H and O–H groups in total. The maximum Gasteiger partial charge on any atom is 0.262 e. The molecule has 0 saturated carbocycles. The Kier molecular flexibility index (Phi) is 5.69. The minimum absolute atomic E-state index is 0.000581. The van der Waals surface area contributed by atoms with Gasteiger partial charge in [0, 0.05) is 6.54 Å². The molecule has 0 spiro atoms. The van der Waals surface area contributed by atoms with E-state index in [2.05, 4.69) is 9.79 Å². The van der Waals surface area contributed by atoms with Crippen LogP contribution in [0.2, 0.25) is 0 Å². The van der Waals surface area contributed by atoms with Crippen LogP contribution in [-0.2, 0) is 14.9 Å². The van der Waals surface area contributed by atoms with Crippen molar-refractivity contribution in [2.24, 2.45) is 0 Å². The lowest BCUT2D eigenvalue weighted by atomic mass is 10.1. The van der Waals surface area contributed by atoms with Crippen molar-refractivity contribution in [3.63, 3.8) is 0 Å². The summed E-state index contributed by atoms with van der Waals surface area (Å²) in [4.78, 5) is 9.39. The molecule has 1 aliphatic heterocycles. The highest BCUT2D eigenvalue weighted by Gasteiger charge is 2.16. The Morgan fingerprint density at radius 3 is 2.67 bits per heavy atom. The summed E-state index contributed by atoms with van der Waals surface area (Å²) in [7, 11) is -3.76. The molecule has 2 rings (SSSR count). The summed E-state index contributed by atoms with van der Waals surface area (Å²) >= 11 is 0. The topological polar surface area (TPSA) is 58.6 Å². The first kappa shape index (κ1) is 16.4. The number of halogens is 1. The summed E-state index contributed by atoms with van der Waals surface area (Å²) in [6.45, 7) is 4.58. The lowest BCUT2D eigenvalue weighted by Gasteiger charge is -2.25. The molecule has 1 aromatic carbocycles. The Balaban J connectivity index is 1.82. The molecule has 0 radical (unpaired) electrons. The monoisotopic (exact) mass is 316 g/mol. The fraction of sp³-hybridized carbons (Fsp3) is 0.571. The van der Waals surface area contributed by atoms with Crippen LogP contribution in [0.15, 0.2) is 23.1 Å². The van der Waals surface area contributed by atoms with Crippen LogP contribution >= 0.6 is 0 Å². The molecule has 0 unspecified atom stereocenters. The molecule has 21 heavy (non-hydrogen) atoms. The Morgan fingerprint density at radius 2 is 2.00 bits per heavy atom. The standard InChI is InChI=1S/C14H21FN2O3S/c1-12-11-13(5-6-14(12)15)21(18,19)16-20-10-9-17-7-3-2-4-8-17/h5-6,11,16H,2-4,7-10H2,1H3. The van der Waals surface area contributed by atoms with Crippen molar-refractivity contribution in [1.29, 1.82) is 0 Å². The van der Waals surface area contributed by atoms with Crippen LogP contribution in [0, 0.1) is 12.7 Å². The van der Waals surface area contributed by atoms with Crippen LogP contribution in [-0.4, -0.2) is 39.6 Å². The normalized spacial score (nSPS) is 17.0. The van der Waals surface area contributed by atoms with Gasteiger partial charge in [-0.25, -0.2) is 12.8 Å². The van der Waals surface area contributed by atoms with E-state index >= 15 is 0 Å². The van der Waals surface area contributed by atoms with Gasteiger partial charge in [-0.2, -0.15) is 0 Å². The Labute approximate surface area is 125 Å². The van der Waals surface area contributed by atoms with Gasteiger partial charge in [-0.1, -0.05) is 11.3 Å². The van der Waals surface area contributed by atoms with Crippen molar-refractivity contribution in [3.05, 3.63) is 29.6 Å². The van der Waals surface area contributed by atoms with Gasteiger partial charge >= 0.3 is 0 Å². The summed E-state index contributed by atoms with van der Waals surface area (Å²) < 4.78 is 37.1. The number of nitrogens with one attached hydrogen (secondary N) is 1. The second-order valence-corrected chi connectivity index (χ2v) is 6.89. The molecule has 118 valence electrons. The number of hydrogen-bond donors (Lipinski definition) is 1. The lowest BCUT2D eigenvalue weighted by molar-refractivity contribution is 0.0656. The highest BCUT2D eigenvalue weighted by molar-refractivity contribution is 7.89. The predicted octanol–water partition coefficient (Wildman–Crippen LogP) is 1.83. The minimum atomic E-state index is -3.76. The Bertz CT molecular complexity index is 572. The van der Waals surface area contributed by atoms with Gasteiger partial charge in [0.1, 0.15) is 5.82 Å². The third kappa shape index (κ3) is 4.74. The average Bonchev–Trinajstić information content (AvgIpc) is 2.47. The summed E-state index contributed by atoms with van der Waals surface area (Å²) in [5.41, 5.74) is 0.284. The zero-order valence-electron chi connectivity index (χ0n) is 12.1. The number of benzene rings is 1. The second kappa shape index (κ2) is 7.31. The SMILES string of the molecule is Cc1cc(S(=O)(=O)NOCCN2CCCCC2)ccc1F. The smallest absolute Gasteiger partial charge is 0.262 e. The molecule has 5 nitrogen and oxygen atoms in total. The molecule has 1 fully saturated rings. The van der Waals surface area contributed by atoms with Crippen molar-refractivity contribution in [3.8, 4) is 0 Å². The molecule has 0 amide bonds. The van der Waals surface area contributed by atoms with Gasteiger partial charge < -0.3 is 4.90 Å². The van der Waals surface area contributed by atoms with Crippen molar-refractivity contribution >= 4 is 10.0 Å². The van der Waals surface area contributed by atoms with E-state index in [9.17, 15) is 12.8 Å². The average molecular weight is 316 g/mol. The molecule has 1 aliphatic rings. The summed E-state index contributed by atoms with van der Waals surface area (Å²) in [5, 5.41) is 0. The largest absolute Gasteiger partial charge is 0.301 e. The molecule has 0 atom stereocenters. The number of likely N-dealkylation sites (tertiary alicyclic amines) is 1. The molecular formula is C14H21FN2O3S. The van der Waals surface area contributed by atoms with Gasteiger partial charge in [0.15, 0.2) is 0 Å². The fourth-order valence-electron chi connectivity index (χ4n) is 2.31. The minimum Gasteiger partial charge on any atom is -0.301 e. The highest BCUT2D eigenvalue weighted by Crippen LogP contribution is 2.14. The van der Waals surface area contributed by atoms with E-state index in [4.69, 9.17) is 4.84 Å². The van der Waals surface area contributed by atoms with Crippen molar-refractivity contribution in [1.82, 2.24) is 9.79 Å². The summed E-state index contributed by atoms with van der Waals surface area (Å²) in [6, 6.07) is 3.64. The first-order valence-corrected chi connectivity index (χ1v) is 8.59. The van der Waals surface area contributed by atoms with Gasteiger partial charge in [0.2, 0.25) is 0 Å². The van der Waals surface area contributed by atoms with Crippen LogP contribution in [0.25, 0.3) is 0 Å². The third-order valence-electron chi connectivity index (χ3n) is 3.57. The maximum atomic E-state index is 13.1. The molecule has 0 aromatic heterocycles. The molecule has 0 aliphatic carbocycles. The van der Waals surface area contributed by atoms with Crippen LogP contribution in [0.3, 0.4) is 0 Å². The van der Waals surface area contributed by atoms with Crippen LogP contribution in [0.4, 0.5) is 4.39 Å². The number of aryl methyl sites for hydroxylation is 1. The molecule has 0 bridgehead atoms. The van der Waals surface area contributed by atoms with Gasteiger partial charge in [0.25, 0.3) is 10.0 Å². The third-order valence-corrected chi connectivity index (χ3v) is 4.78. The van der Waals surface area contributed by atoms with Crippen LogP contribution in [0.5, 0.6) is 0 Å². The number of nitrogens with zero attached hydrogens (tertiary/aromatic N) is 1. The second-order valence-electron chi connectivity index (χ2n) is 5.25. The van der Waals surface area contributed by atoms with Crippen LogP contribution < -0.4 is 4.89 Å². The summed E-state index contributed by atoms with van der Waals surface area (Å²) in [5.74, 6) is -0.431. The first-order valence-electron chi connectivity index (χ1n) is 7.11. The highest BCUT2D eigenvalue weighted by atomic mass is 32.2. The van der Waals surface area contributed by atoms with E-state index in [0.29, 0.717) is 13.2 Å². The number of sulfonamides is 1. The zero-order valence-corrected chi connectivity index (χ0v) is 13.0. The number of hydrogen-bond acceptors (Lipinski definition) is 4. The first-order chi connectivity index (χ1) is 9.99. The summed E-state index contributed by atoms with van der Waals surface area (Å²) in [6.07, 6.45) is 3.62. The fourth-order valence-corrected chi connectivity index (χ4v) is 3.22.